The van der Waals surface area contributed by atoms with E-state index in [1.807, 2.05) is 0 Å². The smallest absolute Gasteiger partial charge is 0.270 e. The van der Waals surface area contributed by atoms with Gasteiger partial charge in [-0.25, -0.2) is 4.39 Å². The van der Waals surface area contributed by atoms with Gasteiger partial charge < -0.3 is 4.90 Å². The van der Waals surface area contributed by atoms with Crippen LogP contribution in [-0.4, -0.2) is 28.0 Å². The first-order valence-electron chi connectivity index (χ1n) is 6.99. The predicted octanol–water partition coefficient (Wildman–Crippen LogP) is 3.62. The van der Waals surface area contributed by atoms with Gasteiger partial charge in [-0.1, -0.05) is 18.2 Å². The highest BCUT2D eigenvalue weighted by Crippen LogP contribution is 2.39. The third-order valence-corrected chi connectivity index (χ3v) is 4.85. The number of nitro benzene ring substituents is 1. The first-order chi connectivity index (χ1) is 11.1. The van der Waals surface area contributed by atoms with Crippen molar-refractivity contribution in [3.63, 3.8) is 0 Å². The molecule has 7 heteroatoms. The van der Waals surface area contributed by atoms with E-state index in [4.69, 9.17) is 0 Å². The second-order valence-corrected chi connectivity index (χ2v) is 6.27. The van der Waals surface area contributed by atoms with E-state index < -0.39 is 4.92 Å². The van der Waals surface area contributed by atoms with Gasteiger partial charge in [0, 0.05) is 30.0 Å². The van der Waals surface area contributed by atoms with Gasteiger partial charge in [0.25, 0.3) is 11.6 Å². The minimum absolute atomic E-state index is 0.120. The zero-order chi connectivity index (χ0) is 16.4. The van der Waals surface area contributed by atoms with Crippen LogP contribution in [0.1, 0.15) is 21.3 Å². The fourth-order valence-electron chi connectivity index (χ4n) is 2.53. The summed E-state index contributed by atoms with van der Waals surface area (Å²) in [6, 6.07) is 11.8. The molecule has 2 aromatic rings. The summed E-state index contributed by atoms with van der Waals surface area (Å²) in [7, 11) is 0. The van der Waals surface area contributed by atoms with Crippen LogP contribution in [0.4, 0.5) is 10.1 Å². The van der Waals surface area contributed by atoms with E-state index in [2.05, 4.69) is 0 Å². The number of hydrogen-bond donors (Lipinski definition) is 0. The number of rotatable bonds is 3. The number of halogens is 1. The van der Waals surface area contributed by atoms with E-state index in [1.54, 1.807) is 34.9 Å². The summed E-state index contributed by atoms with van der Waals surface area (Å²) in [5.41, 5.74) is 0.861. The Bertz CT molecular complexity index is 768. The van der Waals surface area contributed by atoms with Crippen LogP contribution in [0.3, 0.4) is 0 Å². The van der Waals surface area contributed by atoms with Crippen LogP contribution in [0.25, 0.3) is 0 Å². The van der Waals surface area contributed by atoms with E-state index in [-0.39, 0.29) is 28.3 Å². The predicted molar refractivity (Wildman–Crippen MR) is 85.7 cm³/mol. The lowest BCUT2D eigenvalue weighted by Gasteiger charge is -2.24. The third kappa shape index (κ3) is 3.19. The molecule has 2 aromatic carbocycles. The van der Waals surface area contributed by atoms with Crippen LogP contribution in [0.2, 0.25) is 0 Å². The molecule has 0 bridgehead atoms. The van der Waals surface area contributed by atoms with Crippen molar-refractivity contribution in [1.82, 2.24) is 4.90 Å². The Morgan fingerprint density at radius 3 is 2.78 bits per heavy atom. The highest BCUT2D eigenvalue weighted by atomic mass is 32.2. The maximum Gasteiger partial charge on any atom is 0.270 e. The molecule has 118 valence electrons. The second kappa shape index (κ2) is 6.37. The quantitative estimate of drug-likeness (QED) is 0.636. The number of nitrogens with zero attached hydrogens (tertiary/aromatic N) is 2. The minimum Gasteiger partial charge on any atom is -0.322 e. The molecule has 1 atom stereocenters. The standard InChI is InChI=1S/C16H13FN2O3S/c17-13-5-1-4-12(9-13)16-18(7-8-23-16)15(20)11-3-2-6-14(10-11)19(21)22/h1-6,9-10,16H,7-8H2/t16-/m0/s1. The summed E-state index contributed by atoms with van der Waals surface area (Å²) in [6.45, 7) is 0.521. The topological polar surface area (TPSA) is 63.4 Å². The molecule has 0 N–H and O–H groups in total. The van der Waals surface area contributed by atoms with Crippen LogP contribution in [0, 0.1) is 15.9 Å². The number of benzene rings is 2. The lowest BCUT2D eigenvalue weighted by molar-refractivity contribution is -0.384. The number of hydrogen-bond acceptors (Lipinski definition) is 4. The highest BCUT2D eigenvalue weighted by Gasteiger charge is 2.31. The van der Waals surface area contributed by atoms with Crippen molar-refractivity contribution >= 4 is 23.4 Å². The fraction of sp³-hybridized carbons (Fsp3) is 0.188. The molecule has 1 aliphatic rings. The van der Waals surface area contributed by atoms with Gasteiger partial charge in [0.05, 0.1) is 4.92 Å². The molecule has 0 saturated carbocycles. The maximum atomic E-state index is 13.4. The molecule has 1 fully saturated rings. The molecule has 1 amide bonds. The Balaban J connectivity index is 1.89. The average molecular weight is 332 g/mol. The fourth-order valence-corrected chi connectivity index (χ4v) is 3.78. The van der Waals surface area contributed by atoms with Gasteiger partial charge in [-0.15, -0.1) is 11.8 Å². The number of carbonyl (C=O) groups is 1. The molecule has 3 rings (SSSR count). The van der Waals surface area contributed by atoms with Gasteiger partial charge in [0.1, 0.15) is 11.2 Å². The summed E-state index contributed by atoms with van der Waals surface area (Å²) in [5.74, 6) is 0.104. The van der Waals surface area contributed by atoms with Crippen LogP contribution < -0.4 is 0 Å². The van der Waals surface area contributed by atoms with Gasteiger partial charge in [0.15, 0.2) is 0 Å². The molecule has 1 aliphatic heterocycles. The molecule has 23 heavy (non-hydrogen) atoms. The molecule has 1 heterocycles. The Kier molecular flexibility index (Phi) is 4.29. The van der Waals surface area contributed by atoms with Crippen molar-refractivity contribution in [2.45, 2.75) is 5.37 Å². The summed E-state index contributed by atoms with van der Waals surface area (Å²) in [4.78, 5) is 24.6. The number of amides is 1. The van der Waals surface area contributed by atoms with Gasteiger partial charge in [-0.05, 0) is 23.8 Å². The summed E-state index contributed by atoms with van der Waals surface area (Å²) < 4.78 is 13.4. The van der Waals surface area contributed by atoms with Crippen molar-refractivity contribution in [3.05, 3.63) is 75.6 Å². The van der Waals surface area contributed by atoms with Crippen molar-refractivity contribution < 1.29 is 14.1 Å². The first-order valence-corrected chi connectivity index (χ1v) is 8.03. The Morgan fingerprint density at radius 2 is 2.04 bits per heavy atom. The SMILES string of the molecule is O=C(c1cccc([N+](=O)[O-])c1)N1CCS[C@H]1c1cccc(F)c1. The molecular formula is C16H13FN2O3S. The molecule has 0 radical (unpaired) electrons. The lowest BCUT2D eigenvalue weighted by Crippen LogP contribution is -2.30. The Labute approximate surface area is 136 Å². The van der Waals surface area contributed by atoms with E-state index in [0.29, 0.717) is 12.1 Å². The number of nitro groups is 1. The number of non-ortho nitro benzene ring substituents is 1. The van der Waals surface area contributed by atoms with Gasteiger partial charge in [-0.2, -0.15) is 0 Å². The molecule has 1 saturated heterocycles. The highest BCUT2D eigenvalue weighted by molar-refractivity contribution is 7.99. The van der Waals surface area contributed by atoms with Crippen LogP contribution >= 0.6 is 11.8 Å². The van der Waals surface area contributed by atoms with Crippen molar-refractivity contribution in [1.29, 1.82) is 0 Å². The maximum absolute atomic E-state index is 13.4. The van der Waals surface area contributed by atoms with Crippen molar-refractivity contribution in [2.24, 2.45) is 0 Å². The zero-order valence-electron chi connectivity index (χ0n) is 12.0. The van der Waals surface area contributed by atoms with Crippen LogP contribution in [-0.2, 0) is 0 Å². The van der Waals surface area contributed by atoms with Gasteiger partial charge in [0.2, 0.25) is 0 Å². The van der Waals surface area contributed by atoms with Crippen molar-refractivity contribution in [3.8, 4) is 0 Å². The first kappa shape index (κ1) is 15.5. The number of carbonyl (C=O) groups excluding carboxylic acids is 1. The molecule has 0 spiro atoms. The Morgan fingerprint density at radius 1 is 1.26 bits per heavy atom. The van der Waals surface area contributed by atoms with E-state index in [1.165, 1.54) is 30.3 Å². The summed E-state index contributed by atoms with van der Waals surface area (Å²) >= 11 is 1.55. The summed E-state index contributed by atoms with van der Waals surface area (Å²) in [6.07, 6.45) is 0. The number of thioether (sulfide) groups is 1. The molecular weight excluding hydrogens is 319 g/mol. The Hall–Kier alpha value is -2.41. The molecule has 0 aliphatic carbocycles. The summed E-state index contributed by atoms with van der Waals surface area (Å²) in [5, 5.41) is 10.6. The van der Waals surface area contributed by atoms with E-state index >= 15 is 0 Å². The lowest BCUT2D eigenvalue weighted by atomic mass is 10.1. The van der Waals surface area contributed by atoms with Gasteiger partial charge in [-0.3, -0.25) is 14.9 Å². The second-order valence-electron chi connectivity index (χ2n) is 5.08. The van der Waals surface area contributed by atoms with Crippen LogP contribution in [0.5, 0.6) is 0 Å². The largest absolute Gasteiger partial charge is 0.322 e. The molecule has 5 nitrogen and oxygen atoms in total. The van der Waals surface area contributed by atoms with Crippen molar-refractivity contribution in [2.75, 3.05) is 12.3 Å². The third-order valence-electron chi connectivity index (χ3n) is 3.59. The van der Waals surface area contributed by atoms with Crippen LogP contribution in [0.15, 0.2) is 48.5 Å². The monoisotopic (exact) mass is 332 g/mol. The van der Waals surface area contributed by atoms with E-state index in [9.17, 15) is 19.3 Å². The molecule has 0 unspecified atom stereocenters. The molecule has 0 aromatic heterocycles. The van der Waals surface area contributed by atoms with E-state index in [0.717, 1.165) is 5.75 Å². The average Bonchev–Trinajstić information content (AvgIpc) is 3.04. The van der Waals surface area contributed by atoms with Gasteiger partial charge >= 0.3 is 0 Å². The minimum atomic E-state index is -0.528. The zero-order valence-corrected chi connectivity index (χ0v) is 12.8. The normalized spacial score (nSPS) is 17.3.